The van der Waals surface area contributed by atoms with Gasteiger partial charge in [0.05, 0.1) is 11.9 Å². The highest BCUT2D eigenvalue weighted by atomic mass is 32.1. The van der Waals surface area contributed by atoms with Crippen LogP contribution in [-0.2, 0) is 6.42 Å². The number of rotatable bonds is 4. The average molecular weight is 219 g/mol. The average Bonchev–Trinajstić information content (AvgIpc) is 2.74. The SMILES string of the molecule is Nc1ccc(NCCc2cccs2)cn1. The van der Waals surface area contributed by atoms with Crippen LogP contribution in [-0.4, -0.2) is 11.5 Å². The lowest BCUT2D eigenvalue weighted by molar-refractivity contribution is 1.04. The first kappa shape index (κ1) is 9.98. The maximum atomic E-state index is 5.50. The molecule has 0 aromatic carbocycles. The summed E-state index contributed by atoms with van der Waals surface area (Å²) in [5.74, 6) is 0.554. The summed E-state index contributed by atoms with van der Waals surface area (Å²) < 4.78 is 0. The molecule has 0 amide bonds. The molecule has 2 aromatic rings. The highest BCUT2D eigenvalue weighted by molar-refractivity contribution is 7.09. The van der Waals surface area contributed by atoms with E-state index in [2.05, 4.69) is 27.8 Å². The van der Waals surface area contributed by atoms with Crippen molar-refractivity contribution in [1.29, 1.82) is 0 Å². The molecule has 0 spiro atoms. The van der Waals surface area contributed by atoms with E-state index in [1.165, 1.54) is 4.88 Å². The fraction of sp³-hybridized carbons (Fsp3) is 0.182. The van der Waals surface area contributed by atoms with Crippen molar-refractivity contribution >= 4 is 22.8 Å². The van der Waals surface area contributed by atoms with Gasteiger partial charge >= 0.3 is 0 Å². The van der Waals surface area contributed by atoms with E-state index >= 15 is 0 Å². The molecule has 0 aliphatic rings. The Hall–Kier alpha value is -1.55. The maximum absolute atomic E-state index is 5.50. The van der Waals surface area contributed by atoms with Gasteiger partial charge in [0.1, 0.15) is 5.82 Å². The molecule has 0 bridgehead atoms. The minimum Gasteiger partial charge on any atom is -0.384 e. The lowest BCUT2D eigenvalue weighted by Crippen LogP contribution is -2.04. The molecule has 0 aliphatic heterocycles. The Morgan fingerprint density at radius 1 is 1.33 bits per heavy atom. The van der Waals surface area contributed by atoms with Gasteiger partial charge in [-0.1, -0.05) is 6.07 Å². The topological polar surface area (TPSA) is 50.9 Å². The molecule has 0 radical (unpaired) electrons. The van der Waals surface area contributed by atoms with Gasteiger partial charge < -0.3 is 11.1 Å². The first-order valence-corrected chi connectivity index (χ1v) is 5.70. The van der Waals surface area contributed by atoms with Gasteiger partial charge in [-0.05, 0) is 30.0 Å². The molecule has 2 rings (SSSR count). The predicted octanol–water partition coefficient (Wildman–Crippen LogP) is 2.38. The quantitative estimate of drug-likeness (QED) is 0.830. The van der Waals surface area contributed by atoms with Crippen molar-refractivity contribution in [1.82, 2.24) is 4.98 Å². The van der Waals surface area contributed by atoms with Crippen LogP contribution >= 0.6 is 11.3 Å². The number of nitrogens with one attached hydrogen (secondary N) is 1. The van der Waals surface area contributed by atoms with E-state index in [0.29, 0.717) is 5.82 Å². The van der Waals surface area contributed by atoms with Crippen LogP contribution in [0.3, 0.4) is 0 Å². The van der Waals surface area contributed by atoms with Gasteiger partial charge in [0, 0.05) is 11.4 Å². The molecule has 2 heterocycles. The van der Waals surface area contributed by atoms with Crippen LogP contribution < -0.4 is 11.1 Å². The number of anilines is 2. The molecule has 3 nitrogen and oxygen atoms in total. The van der Waals surface area contributed by atoms with Crippen LogP contribution in [0.2, 0.25) is 0 Å². The number of nitrogens with two attached hydrogens (primary N) is 1. The Bertz CT molecular complexity index is 394. The van der Waals surface area contributed by atoms with E-state index in [1.54, 1.807) is 23.6 Å². The lowest BCUT2D eigenvalue weighted by atomic mass is 10.3. The summed E-state index contributed by atoms with van der Waals surface area (Å²) in [4.78, 5) is 5.41. The lowest BCUT2D eigenvalue weighted by Gasteiger charge is -2.04. The third kappa shape index (κ3) is 2.95. The third-order valence-electron chi connectivity index (χ3n) is 2.07. The van der Waals surface area contributed by atoms with Crippen molar-refractivity contribution in [3.05, 3.63) is 40.7 Å². The molecule has 78 valence electrons. The van der Waals surface area contributed by atoms with Gasteiger partial charge in [0.25, 0.3) is 0 Å². The number of nitrogens with zero attached hydrogens (tertiary/aromatic N) is 1. The summed E-state index contributed by atoms with van der Waals surface area (Å²) in [5, 5.41) is 5.40. The van der Waals surface area contributed by atoms with E-state index in [9.17, 15) is 0 Å². The fourth-order valence-corrected chi connectivity index (χ4v) is 2.00. The third-order valence-corrected chi connectivity index (χ3v) is 3.00. The Balaban J connectivity index is 1.81. The maximum Gasteiger partial charge on any atom is 0.123 e. The molecule has 0 saturated heterocycles. The first-order valence-electron chi connectivity index (χ1n) is 4.82. The van der Waals surface area contributed by atoms with E-state index in [1.807, 2.05) is 6.07 Å². The van der Waals surface area contributed by atoms with Crippen LogP contribution in [0.5, 0.6) is 0 Å². The summed E-state index contributed by atoms with van der Waals surface area (Å²) in [6, 6.07) is 7.96. The second-order valence-electron chi connectivity index (χ2n) is 3.23. The standard InChI is InChI=1S/C11H13N3S/c12-11-4-3-9(8-14-11)13-6-5-10-2-1-7-15-10/h1-4,7-8,13H,5-6H2,(H2,12,14). The van der Waals surface area contributed by atoms with E-state index in [-0.39, 0.29) is 0 Å². The van der Waals surface area contributed by atoms with Crippen LogP contribution in [0.4, 0.5) is 11.5 Å². The molecule has 15 heavy (non-hydrogen) atoms. The van der Waals surface area contributed by atoms with Gasteiger partial charge in [-0.3, -0.25) is 0 Å². The van der Waals surface area contributed by atoms with Gasteiger partial charge in [0.15, 0.2) is 0 Å². The van der Waals surface area contributed by atoms with Crippen LogP contribution in [0, 0.1) is 0 Å². The Morgan fingerprint density at radius 2 is 2.27 bits per heavy atom. The molecule has 2 aromatic heterocycles. The number of pyridine rings is 1. The van der Waals surface area contributed by atoms with Crippen molar-refractivity contribution < 1.29 is 0 Å². The monoisotopic (exact) mass is 219 g/mol. The second-order valence-corrected chi connectivity index (χ2v) is 4.26. The fourth-order valence-electron chi connectivity index (χ4n) is 1.29. The number of thiophene rings is 1. The summed E-state index contributed by atoms with van der Waals surface area (Å²) in [6.45, 7) is 0.923. The highest BCUT2D eigenvalue weighted by Crippen LogP contribution is 2.10. The summed E-state index contributed by atoms with van der Waals surface area (Å²) >= 11 is 1.78. The number of aromatic nitrogens is 1. The zero-order valence-electron chi connectivity index (χ0n) is 8.31. The molecule has 0 fully saturated rings. The smallest absolute Gasteiger partial charge is 0.123 e. The van der Waals surface area contributed by atoms with Crippen LogP contribution in [0.1, 0.15) is 4.88 Å². The van der Waals surface area contributed by atoms with Gasteiger partial charge in [-0.25, -0.2) is 4.98 Å². The van der Waals surface area contributed by atoms with Crippen LogP contribution in [0.15, 0.2) is 35.8 Å². The van der Waals surface area contributed by atoms with Gasteiger partial charge in [-0.15, -0.1) is 11.3 Å². The summed E-state index contributed by atoms with van der Waals surface area (Å²) in [7, 11) is 0. The minimum absolute atomic E-state index is 0.554. The van der Waals surface area contributed by atoms with Crippen LogP contribution in [0.25, 0.3) is 0 Å². The molecule has 3 N–H and O–H groups in total. The zero-order chi connectivity index (χ0) is 10.5. The molecular weight excluding hydrogens is 206 g/mol. The Kier molecular flexibility index (Phi) is 3.19. The number of nitrogen functional groups attached to an aromatic ring is 1. The highest BCUT2D eigenvalue weighted by Gasteiger charge is 1.94. The van der Waals surface area contributed by atoms with E-state index < -0.39 is 0 Å². The molecule has 4 heteroatoms. The molecule has 0 unspecified atom stereocenters. The Labute approximate surface area is 93.0 Å². The van der Waals surface area contributed by atoms with E-state index in [4.69, 9.17) is 5.73 Å². The number of hydrogen-bond acceptors (Lipinski definition) is 4. The predicted molar refractivity (Wildman–Crippen MR) is 65.2 cm³/mol. The van der Waals surface area contributed by atoms with Gasteiger partial charge in [-0.2, -0.15) is 0 Å². The van der Waals surface area contributed by atoms with Crippen molar-refractivity contribution in [2.24, 2.45) is 0 Å². The van der Waals surface area contributed by atoms with E-state index in [0.717, 1.165) is 18.7 Å². The molecular formula is C11H13N3S. The number of hydrogen-bond donors (Lipinski definition) is 2. The molecule has 0 saturated carbocycles. The molecule has 0 aliphatic carbocycles. The zero-order valence-corrected chi connectivity index (χ0v) is 9.13. The van der Waals surface area contributed by atoms with Crippen molar-refractivity contribution in [3.8, 4) is 0 Å². The summed E-state index contributed by atoms with van der Waals surface area (Å²) in [6.07, 6.45) is 2.80. The normalized spacial score (nSPS) is 10.1. The molecule has 0 atom stereocenters. The largest absolute Gasteiger partial charge is 0.384 e. The second kappa shape index (κ2) is 4.79. The minimum atomic E-state index is 0.554. The van der Waals surface area contributed by atoms with Gasteiger partial charge in [0.2, 0.25) is 0 Å². The first-order chi connectivity index (χ1) is 7.34. The van der Waals surface area contributed by atoms with Crippen molar-refractivity contribution in [2.75, 3.05) is 17.6 Å². The summed E-state index contributed by atoms with van der Waals surface area (Å²) in [5.41, 5.74) is 6.51. The van der Waals surface area contributed by atoms with Crippen molar-refractivity contribution in [2.45, 2.75) is 6.42 Å². The Morgan fingerprint density at radius 3 is 2.93 bits per heavy atom. The van der Waals surface area contributed by atoms with Crippen molar-refractivity contribution in [3.63, 3.8) is 0 Å².